The van der Waals surface area contributed by atoms with Crippen LogP contribution in [0.1, 0.15) is 32.3 Å². The van der Waals surface area contributed by atoms with Gasteiger partial charge in [0.15, 0.2) is 0 Å². The van der Waals surface area contributed by atoms with Crippen molar-refractivity contribution in [1.82, 2.24) is 4.90 Å². The van der Waals surface area contributed by atoms with Crippen molar-refractivity contribution in [2.24, 2.45) is 5.14 Å². The average Bonchev–Trinajstić information content (AvgIpc) is 2.40. The van der Waals surface area contributed by atoms with Crippen molar-refractivity contribution < 1.29 is 8.42 Å². The summed E-state index contributed by atoms with van der Waals surface area (Å²) in [6, 6.07) is 5.95. The van der Waals surface area contributed by atoms with Crippen molar-refractivity contribution in [2.45, 2.75) is 50.6 Å². The average molecular weight is 311 g/mol. The third kappa shape index (κ3) is 4.18. The first-order valence-electron chi connectivity index (χ1n) is 7.41. The number of primary sulfonamides is 1. The van der Waals surface area contributed by atoms with E-state index in [4.69, 9.17) is 5.14 Å². The molecule has 0 spiro atoms. The molecule has 1 saturated heterocycles. The maximum absolute atomic E-state index is 11.4. The van der Waals surface area contributed by atoms with Gasteiger partial charge in [-0.05, 0) is 51.3 Å². The highest BCUT2D eigenvalue weighted by Crippen LogP contribution is 2.23. The SMILES string of the molecule is Cc1ccc(S(N)(=O)=O)cc1NC1CCN(C(C)C)CC1. The van der Waals surface area contributed by atoms with Crippen LogP contribution in [-0.4, -0.2) is 38.5 Å². The zero-order valence-electron chi connectivity index (χ0n) is 13.0. The summed E-state index contributed by atoms with van der Waals surface area (Å²) < 4.78 is 22.9. The number of hydrogen-bond donors (Lipinski definition) is 2. The highest BCUT2D eigenvalue weighted by Gasteiger charge is 2.21. The number of nitrogens with zero attached hydrogens (tertiary/aromatic N) is 1. The fourth-order valence-corrected chi connectivity index (χ4v) is 3.25. The van der Waals surface area contributed by atoms with Crippen LogP contribution in [0.5, 0.6) is 0 Å². The monoisotopic (exact) mass is 311 g/mol. The Morgan fingerprint density at radius 1 is 1.29 bits per heavy atom. The Bertz CT molecular complexity index is 591. The molecule has 0 unspecified atom stereocenters. The van der Waals surface area contributed by atoms with Crippen LogP contribution >= 0.6 is 0 Å². The fourth-order valence-electron chi connectivity index (χ4n) is 2.71. The number of piperidine rings is 1. The third-order valence-electron chi connectivity index (χ3n) is 4.16. The van der Waals surface area contributed by atoms with Gasteiger partial charge in [-0.1, -0.05) is 6.07 Å². The van der Waals surface area contributed by atoms with Gasteiger partial charge in [0.25, 0.3) is 0 Å². The highest BCUT2D eigenvalue weighted by molar-refractivity contribution is 7.89. The van der Waals surface area contributed by atoms with Crippen LogP contribution in [0.4, 0.5) is 5.69 Å². The minimum Gasteiger partial charge on any atom is -0.382 e. The van der Waals surface area contributed by atoms with E-state index in [0.717, 1.165) is 37.2 Å². The Kier molecular flexibility index (Phi) is 4.91. The minimum atomic E-state index is -3.65. The number of hydrogen-bond acceptors (Lipinski definition) is 4. The highest BCUT2D eigenvalue weighted by atomic mass is 32.2. The number of sulfonamides is 1. The lowest BCUT2D eigenvalue weighted by atomic mass is 10.0. The molecule has 1 heterocycles. The second-order valence-corrected chi connectivity index (χ2v) is 7.63. The molecule has 0 aromatic heterocycles. The molecule has 1 aliphatic rings. The summed E-state index contributed by atoms with van der Waals surface area (Å²) in [5, 5.41) is 8.67. The normalized spacial score (nSPS) is 18.1. The maximum atomic E-state index is 11.4. The first kappa shape index (κ1) is 16.3. The van der Waals surface area contributed by atoms with Crippen molar-refractivity contribution >= 4 is 15.7 Å². The second-order valence-electron chi connectivity index (χ2n) is 6.07. The van der Waals surface area contributed by atoms with Gasteiger partial charge in [0.1, 0.15) is 0 Å². The first-order chi connectivity index (χ1) is 9.77. The molecule has 0 amide bonds. The molecule has 0 aliphatic carbocycles. The summed E-state index contributed by atoms with van der Waals surface area (Å²) >= 11 is 0. The van der Waals surface area contributed by atoms with E-state index in [1.54, 1.807) is 18.2 Å². The zero-order valence-corrected chi connectivity index (χ0v) is 13.8. The van der Waals surface area contributed by atoms with Gasteiger partial charge >= 0.3 is 0 Å². The van der Waals surface area contributed by atoms with Crippen molar-refractivity contribution in [3.05, 3.63) is 23.8 Å². The molecule has 118 valence electrons. The van der Waals surface area contributed by atoms with Crippen LogP contribution in [0.25, 0.3) is 0 Å². The van der Waals surface area contributed by atoms with Gasteiger partial charge in [-0.3, -0.25) is 0 Å². The Morgan fingerprint density at radius 2 is 1.90 bits per heavy atom. The lowest BCUT2D eigenvalue weighted by Gasteiger charge is -2.35. The predicted octanol–water partition coefficient (Wildman–Crippen LogP) is 1.93. The fraction of sp³-hybridized carbons (Fsp3) is 0.600. The van der Waals surface area contributed by atoms with E-state index < -0.39 is 10.0 Å². The van der Waals surface area contributed by atoms with E-state index in [9.17, 15) is 8.42 Å². The first-order valence-corrected chi connectivity index (χ1v) is 8.96. The van der Waals surface area contributed by atoms with E-state index >= 15 is 0 Å². The lowest BCUT2D eigenvalue weighted by molar-refractivity contribution is 0.177. The second kappa shape index (κ2) is 6.34. The van der Waals surface area contributed by atoms with Gasteiger partial charge in [-0.25, -0.2) is 13.6 Å². The number of likely N-dealkylation sites (tertiary alicyclic amines) is 1. The number of rotatable bonds is 4. The van der Waals surface area contributed by atoms with E-state index in [2.05, 4.69) is 24.1 Å². The van der Waals surface area contributed by atoms with Crippen LogP contribution < -0.4 is 10.5 Å². The van der Waals surface area contributed by atoms with E-state index in [0.29, 0.717) is 12.1 Å². The molecule has 0 atom stereocenters. The molecule has 6 heteroatoms. The van der Waals surface area contributed by atoms with E-state index in [-0.39, 0.29) is 4.90 Å². The van der Waals surface area contributed by atoms with Crippen molar-refractivity contribution in [3.63, 3.8) is 0 Å². The molecule has 1 aromatic carbocycles. The molecule has 0 saturated carbocycles. The Hall–Kier alpha value is -1.11. The smallest absolute Gasteiger partial charge is 0.238 e. The van der Waals surface area contributed by atoms with Gasteiger partial charge in [0.2, 0.25) is 10.0 Å². The Balaban J connectivity index is 2.07. The summed E-state index contributed by atoms with van der Waals surface area (Å²) in [6.07, 6.45) is 2.13. The molecule has 5 nitrogen and oxygen atoms in total. The van der Waals surface area contributed by atoms with Gasteiger partial charge in [-0.2, -0.15) is 0 Å². The zero-order chi connectivity index (χ0) is 15.6. The maximum Gasteiger partial charge on any atom is 0.238 e. The minimum absolute atomic E-state index is 0.162. The summed E-state index contributed by atoms with van der Waals surface area (Å²) in [7, 11) is -3.65. The topological polar surface area (TPSA) is 75.4 Å². The van der Waals surface area contributed by atoms with Gasteiger partial charge in [0.05, 0.1) is 4.90 Å². The number of nitrogens with two attached hydrogens (primary N) is 1. The summed E-state index contributed by atoms with van der Waals surface area (Å²) in [6.45, 7) is 8.55. The molecule has 1 fully saturated rings. The van der Waals surface area contributed by atoms with Crippen molar-refractivity contribution in [2.75, 3.05) is 18.4 Å². The van der Waals surface area contributed by atoms with Crippen LogP contribution in [0.15, 0.2) is 23.1 Å². The molecule has 21 heavy (non-hydrogen) atoms. The third-order valence-corrected chi connectivity index (χ3v) is 5.07. The molecule has 1 aromatic rings. The van der Waals surface area contributed by atoms with E-state index in [1.807, 2.05) is 6.92 Å². The number of anilines is 1. The van der Waals surface area contributed by atoms with Crippen LogP contribution in [0, 0.1) is 6.92 Å². The van der Waals surface area contributed by atoms with Crippen LogP contribution in [0.2, 0.25) is 0 Å². The van der Waals surface area contributed by atoms with E-state index in [1.165, 1.54) is 0 Å². The van der Waals surface area contributed by atoms with Crippen LogP contribution in [-0.2, 0) is 10.0 Å². The molecule has 2 rings (SSSR count). The lowest BCUT2D eigenvalue weighted by Crippen LogP contribution is -2.42. The summed E-state index contributed by atoms with van der Waals surface area (Å²) in [5.74, 6) is 0. The molecule has 0 bridgehead atoms. The number of benzene rings is 1. The summed E-state index contributed by atoms with van der Waals surface area (Å²) in [5.41, 5.74) is 1.90. The largest absolute Gasteiger partial charge is 0.382 e. The quantitative estimate of drug-likeness (QED) is 0.891. The summed E-state index contributed by atoms with van der Waals surface area (Å²) in [4.78, 5) is 2.63. The van der Waals surface area contributed by atoms with Gasteiger partial charge in [0, 0.05) is 30.9 Å². The molecule has 1 aliphatic heterocycles. The molecule has 3 N–H and O–H groups in total. The number of nitrogens with one attached hydrogen (secondary N) is 1. The predicted molar refractivity (Wildman–Crippen MR) is 85.9 cm³/mol. The Morgan fingerprint density at radius 3 is 2.43 bits per heavy atom. The molecular formula is C15H25N3O2S. The number of aryl methyl sites for hydroxylation is 1. The standard InChI is InChI=1S/C15H25N3O2S/c1-11(2)18-8-6-13(7-9-18)17-15-10-14(21(16,19)20)5-4-12(15)3/h4-5,10-11,13,17H,6-9H2,1-3H3,(H2,16,19,20). The van der Waals surface area contributed by atoms with Crippen molar-refractivity contribution in [3.8, 4) is 0 Å². The van der Waals surface area contributed by atoms with Gasteiger partial charge in [-0.15, -0.1) is 0 Å². The van der Waals surface area contributed by atoms with Gasteiger partial charge < -0.3 is 10.2 Å². The van der Waals surface area contributed by atoms with Crippen LogP contribution in [0.3, 0.4) is 0 Å². The molecule has 0 radical (unpaired) electrons. The molecular weight excluding hydrogens is 286 g/mol. The Labute approximate surface area is 127 Å². The van der Waals surface area contributed by atoms with Crippen molar-refractivity contribution in [1.29, 1.82) is 0 Å².